The third-order valence-electron chi connectivity index (χ3n) is 4.28. The number of carbonyl (C=O) groups excluding carboxylic acids is 1. The topological polar surface area (TPSA) is 32.8 Å². The van der Waals surface area contributed by atoms with Crippen LogP contribution in [0.1, 0.15) is 18.1 Å². The van der Waals surface area contributed by atoms with E-state index >= 15 is 0 Å². The Bertz CT molecular complexity index is 697. The summed E-state index contributed by atoms with van der Waals surface area (Å²) in [5.41, 5.74) is 3.51. The quantitative estimate of drug-likeness (QED) is 0.818. The number of anilines is 1. The molecule has 2 aromatic rings. The fraction of sp³-hybridized carbons (Fsp3) is 0.350. The smallest absolute Gasteiger partial charge is 0.241 e. The Hall–Kier alpha value is -2.33. The second-order valence-electron chi connectivity index (χ2n) is 6.17. The number of ether oxygens (including phenoxy) is 1. The molecule has 0 saturated heterocycles. The number of likely N-dealkylation sites (N-methyl/N-ethyl adjacent to an activating group) is 1. The van der Waals surface area contributed by atoms with Gasteiger partial charge in [-0.25, -0.2) is 0 Å². The Morgan fingerprint density at radius 3 is 2.67 bits per heavy atom. The minimum atomic E-state index is 0.161. The van der Waals surface area contributed by atoms with Crippen molar-refractivity contribution in [2.45, 2.75) is 19.9 Å². The molecule has 2 aromatic carbocycles. The van der Waals surface area contributed by atoms with E-state index in [1.165, 1.54) is 11.1 Å². The van der Waals surface area contributed by atoms with Crippen LogP contribution < -0.4 is 9.64 Å². The predicted molar refractivity (Wildman–Crippen MR) is 96.4 cm³/mol. The molecule has 24 heavy (non-hydrogen) atoms. The lowest BCUT2D eigenvalue weighted by molar-refractivity contribution is -0.119. The molecule has 0 radical (unpaired) electrons. The molecule has 0 unspecified atom stereocenters. The van der Waals surface area contributed by atoms with Gasteiger partial charge in [0.15, 0.2) is 0 Å². The molecule has 1 aliphatic heterocycles. The molecular formula is C20H24N2O2. The average Bonchev–Trinajstić information content (AvgIpc) is 3.01. The lowest BCUT2D eigenvalue weighted by Crippen LogP contribution is -2.37. The van der Waals surface area contributed by atoms with E-state index in [4.69, 9.17) is 4.74 Å². The summed E-state index contributed by atoms with van der Waals surface area (Å²) in [5.74, 6) is 1.04. The van der Waals surface area contributed by atoms with E-state index in [0.29, 0.717) is 13.2 Å². The van der Waals surface area contributed by atoms with Gasteiger partial charge in [-0.1, -0.05) is 30.3 Å². The number of fused-ring (bicyclic) bond motifs is 1. The second-order valence-corrected chi connectivity index (χ2v) is 6.17. The van der Waals surface area contributed by atoms with Crippen molar-refractivity contribution in [1.29, 1.82) is 0 Å². The Morgan fingerprint density at radius 1 is 1.17 bits per heavy atom. The number of hydrogen-bond donors (Lipinski definition) is 0. The van der Waals surface area contributed by atoms with E-state index in [-0.39, 0.29) is 5.91 Å². The Balaban J connectivity index is 1.57. The van der Waals surface area contributed by atoms with Crippen LogP contribution >= 0.6 is 0 Å². The van der Waals surface area contributed by atoms with Crippen LogP contribution in [-0.4, -0.2) is 37.6 Å². The highest BCUT2D eigenvalue weighted by atomic mass is 16.5. The fourth-order valence-corrected chi connectivity index (χ4v) is 3.14. The third-order valence-corrected chi connectivity index (χ3v) is 4.28. The van der Waals surface area contributed by atoms with Crippen molar-refractivity contribution < 1.29 is 9.53 Å². The van der Waals surface area contributed by atoms with Gasteiger partial charge in [0, 0.05) is 18.8 Å². The fourth-order valence-electron chi connectivity index (χ4n) is 3.14. The summed E-state index contributed by atoms with van der Waals surface area (Å²) in [7, 11) is 1.98. The lowest BCUT2D eigenvalue weighted by atomic mass is 10.2. The van der Waals surface area contributed by atoms with Crippen molar-refractivity contribution in [3.05, 3.63) is 59.7 Å². The standard InChI is InChI=1S/C20H24N2O2/c1-3-24-18-10-8-16(9-11-18)14-21(2)15-20(23)22-13-12-17-6-4-5-7-19(17)22/h4-11H,3,12-15H2,1-2H3. The first-order valence-corrected chi connectivity index (χ1v) is 8.46. The maximum atomic E-state index is 12.6. The van der Waals surface area contributed by atoms with Gasteiger partial charge in [-0.3, -0.25) is 9.69 Å². The SMILES string of the molecule is CCOc1ccc(CN(C)CC(=O)N2CCc3ccccc32)cc1. The first kappa shape index (κ1) is 16.5. The summed E-state index contributed by atoms with van der Waals surface area (Å²) in [6.07, 6.45) is 0.949. The Labute approximate surface area is 143 Å². The summed E-state index contributed by atoms with van der Waals surface area (Å²) in [5, 5.41) is 0. The average molecular weight is 324 g/mol. The molecule has 0 aromatic heterocycles. The molecule has 1 amide bonds. The van der Waals surface area contributed by atoms with Crippen molar-refractivity contribution in [2.24, 2.45) is 0 Å². The van der Waals surface area contributed by atoms with Gasteiger partial charge in [-0.2, -0.15) is 0 Å². The molecule has 4 heteroatoms. The minimum absolute atomic E-state index is 0.161. The van der Waals surface area contributed by atoms with Gasteiger partial charge in [-0.15, -0.1) is 0 Å². The van der Waals surface area contributed by atoms with Crippen molar-refractivity contribution in [1.82, 2.24) is 4.90 Å². The summed E-state index contributed by atoms with van der Waals surface area (Å²) in [6.45, 7) is 4.60. The van der Waals surface area contributed by atoms with Gasteiger partial charge < -0.3 is 9.64 Å². The van der Waals surface area contributed by atoms with Gasteiger partial charge >= 0.3 is 0 Å². The van der Waals surface area contributed by atoms with E-state index in [0.717, 1.165) is 30.9 Å². The van der Waals surface area contributed by atoms with Gasteiger partial charge in [0.05, 0.1) is 13.2 Å². The zero-order valence-electron chi connectivity index (χ0n) is 14.4. The van der Waals surface area contributed by atoms with Crippen LogP contribution in [0.3, 0.4) is 0 Å². The third kappa shape index (κ3) is 3.77. The molecule has 0 bridgehead atoms. The van der Waals surface area contributed by atoms with Gasteiger partial charge in [-0.05, 0) is 49.7 Å². The van der Waals surface area contributed by atoms with E-state index in [1.807, 2.05) is 49.2 Å². The van der Waals surface area contributed by atoms with Gasteiger partial charge in [0.2, 0.25) is 5.91 Å². The maximum absolute atomic E-state index is 12.6. The predicted octanol–water partition coefficient (Wildman–Crippen LogP) is 3.11. The first-order valence-electron chi connectivity index (χ1n) is 8.46. The molecule has 0 spiro atoms. The largest absolute Gasteiger partial charge is 0.494 e. The zero-order chi connectivity index (χ0) is 16.9. The normalized spacial score (nSPS) is 13.2. The molecule has 0 saturated carbocycles. The number of para-hydroxylation sites is 1. The minimum Gasteiger partial charge on any atom is -0.494 e. The Morgan fingerprint density at radius 2 is 1.92 bits per heavy atom. The summed E-state index contributed by atoms with van der Waals surface area (Å²) >= 11 is 0. The van der Waals surface area contributed by atoms with Crippen LogP contribution in [0.25, 0.3) is 0 Å². The van der Waals surface area contributed by atoms with Crippen molar-refractivity contribution in [3.8, 4) is 5.75 Å². The summed E-state index contributed by atoms with van der Waals surface area (Å²) in [6, 6.07) is 16.2. The highest BCUT2D eigenvalue weighted by Crippen LogP contribution is 2.27. The molecule has 0 N–H and O–H groups in total. The van der Waals surface area contributed by atoms with Crippen LogP contribution in [0.2, 0.25) is 0 Å². The van der Waals surface area contributed by atoms with Crippen LogP contribution in [0, 0.1) is 0 Å². The lowest BCUT2D eigenvalue weighted by Gasteiger charge is -2.22. The van der Waals surface area contributed by atoms with E-state index in [9.17, 15) is 4.79 Å². The van der Waals surface area contributed by atoms with E-state index < -0.39 is 0 Å². The van der Waals surface area contributed by atoms with Crippen LogP contribution in [-0.2, 0) is 17.8 Å². The second kappa shape index (κ2) is 7.49. The van der Waals surface area contributed by atoms with Crippen molar-refractivity contribution >= 4 is 11.6 Å². The number of nitrogens with zero attached hydrogens (tertiary/aromatic N) is 2. The molecule has 126 valence electrons. The van der Waals surface area contributed by atoms with E-state index in [2.05, 4.69) is 23.1 Å². The number of benzene rings is 2. The Kier molecular flexibility index (Phi) is 5.16. The molecule has 0 atom stereocenters. The van der Waals surface area contributed by atoms with Crippen molar-refractivity contribution in [2.75, 3.05) is 31.6 Å². The molecule has 0 fully saturated rings. The van der Waals surface area contributed by atoms with Crippen LogP contribution in [0.15, 0.2) is 48.5 Å². The molecule has 4 nitrogen and oxygen atoms in total. The zero-order valence-corrected chi connectivity index (χ0v) is 14.4. The van der Waals surface area contributed by atoms with E-state index in [1.54, 1.807) is 0 Å². The molecular weight excluding hydrogens is 300 g/mol. The van der Waals surface area contributed by atoms with Gasteiger partial charge in [0.1, 0.15) is 5.75 Å². The molecule has 1 aliphatic rings. The summed E-state index contributed by atoms with van der Waals surface area (Å²) in [4.78, 5) is 16.6. The number of rotatable bonds is 6. The maximum Gasteiger partial charge on any atom is 0.241 e. The first-order chi connectivity index (χ1) is 11.7. The van der Waals surface area contributed by atoms with Gasteiger partial charge in [0.25, 0.3) is 0 Å². The monoisotopic (exact) mass is 324 g/mol. The summed E-state index contributed by atoms with van der Waals surface area (Å²) < 4.78 is 5.46. The molecule has 0 aliphatic carbocycles. The van der Waals surface area contributed by atoms with Crippen LogP contribution in [0.4, 0.5) is 5.69 Å². The highest BCUT2D eigenvalue weighted by molar-refractivity contribution is 5.96. The highest BCUT2D eigenvalue weighted by Gasteiger charge is 2.24. The van der Waals surface area contributed by atoms with Crippen LogP contribution in [0.5, 0.6) is 5.75 Å². The molecule has 1 heterocycles. The molecule has 3 rings (SSSR count). The number of carbonyl (C=O) groups is 1. The number of hydrogen-bond acceptors (Lipinski definition) is 3. The number of amides is 1. The van der Waals surface area contributed by atoms with Crippen molar-refractivity contribution in [3.63, 3.8) is 0 Å².